The van der Waals surface area contributed by atoms with Gasteiger partial charge >= 0.3 is 0 Å². The van der Waals surface area contributed by atoms with Crippen molar-refractivity contribution < 1.29 is 9.47 Å². The van der Waals surface area contributed by atoms with Crippen LogP contribution in [-0.4, -0.2) is 34.8 Å². The van der Waals surface area contributed by atoms with Gasteiger partial charge in [-0.15, -0.1) is 10.2 Å². The Bertz CT molecular complexity index is 912. The van der Waals surface area contributed by atoms with Crippen molar-refractivity contribution in [2.45, 2.75) is 17.8 Å². The number of thioether (sulfide) groups is 1. The van der Waals surface area contributed by atoms with Gasteiger partial charge in [0.2, 0.25) is 5.16 Å². The second-order valence-electron chi connectivity index (χ2n) is 5.46. The summed E-state index contributed by atoms with van der Waals surface area (Å²) >= 11 is 7.47. The minimum Gasteiger partial charge on any atom is -0.493 e. The summed E-state index contributed by atoms with van der Waals surface area (Å²) in [6.45, 7) is 2.52. The summed E-state index contributed by atoms with van der Waals surface area (Å²) in [6.07, 6.45) is 3.31. The number of hydrogen-bond acceptors (Lipinski definition) is 6. The van der Waals surface area contributed by atoms with Crippen LogP contribution in [-0.2, 0) is 5.75 Å². The first-order chi connectivity index (χ1) is 13.2. The van der Waals surface area contributed by atoms with Crippen molar-refractivity contribution >= 4 is 29.6 Å². The summed E-state index contributed by atoms with van der Waals surface area (Å²) in [4.78, 5) is 0. The van der Waals surface area contributed by atoms with Gasteiger partial charge in [-0.1, -0.05) is 35.5 Å². The summed E-state index contributed by atoms with van der Waals surface area (Å²) in [7, 11) is 1.62. The van der Waals surface area contributed by atoms with Crippen molar-refractivity contribution in [3.63, 3.8) is 0 Å². The lowest BCUT2D eigenvalue weighted by molar-refractivity contribution is 0.311. The molecule has 0 amide bonds. The van der Waals surface area contributed by atoms with Crippen molar-refractivity contribution in [3.8, 4) is 11.5 Å². The van der Waals surface area contributed by atoms with Crippen LogP contribution in [0.5, 0.6) is 11.5 Å². The molecule has 0 radical (unpaired) electrons. The van der Waals surface area contributed by atoms with Gasteiger partial charge in [-0.2, -0.15) is 9.78 Å². The standard InChI is InChI=1S/C19H19ClN4O2S/c1-3-26-17-9-6-15(10-18(17)25-2)11-22-24-13-21-23-19(24)27-12-14-4-7-16(20)8-5-14/h4-11,13H,3,12H2,1-2H3/b22-11+. The molecule has 3 aromatic rings. The number of halogens is 1. The Kier molecular flexibility index (Phi) is 6.73. The molecule has 27 heavy (non-hydrogen) atoms. The zero-order chi connectivity index (χ0) is 19.1. The third-order valence-electron chi connectivity index (χ3n) is 3.60. The van der Waals surface area contributed by atoms with E-state index in [2.05, 4.69) is 15.3 Å². The molecule has 0 N–H and O–H groups in total. The van der Waals surface area contributed by atoms with Crippen molar-refractivity contribution in [1.29, 1.82) is 0 Å². The second kappa shape index (κ2) is 9.43. The van der Waals surface area contributed by atoms with E-state index in [0.717, 1.165) is 21.9 Å². The molecule has 1 heterocycles. The predicted octanol–water partition coefficient (Wildman–Crippen LogP) is 4.51. The highest BCUT2D eigenvalue weighted by molar-refractivity contribution is 7.98. The molecule has 0 aliphatic rings. The fourth-order valence-electron chi connectivity index (χ4n) is 2.29. The number of hydrogen-bond donors (Lipinski definition) is 0. The lowest BCUT2D eigenvalue weighted by Crippen LogP contribution is -1.97. The largest absolute Gasteiger partial charge is 0.493 e. The number of benzene rings is 2. The van der Waals surface area contributed by atoms with Crippen LogP contribution in [0.1, 0.15) is 18.1 Å². The third kappa shape index (κ3) is 5.24. The lowest BCUT2D eigenvalue weighted by atomic mass is 10.2. The Morgan fingerprint density at radius 2 is 2.00 bits per heavy atom. The van der Waals surface area contributed by atoms with Gasteiger partial charge < -0.3 is 9.47 Å². The molecule has 3 rings (SSSR count). The minimum absolute atomic E-state index is 0.582. The topological polar surface area (TPSA) is 61.5 Å². The van der Waals surface area contributed by atoms with Gasteiger partial charge in [0, 0.05) is 10.8 Å². The molecule has 0 atom stereocenters. The first kappa shape index (κ1) is 19.3. The van der Waals surface area contributed by atoms with E-state index in [1.807, 2.05) is 49.4 Å². The molecular weight excluding hydrogens is 384 g/mol. The van der Waals surface area contributed by atoms with Crippen LogP contribution in [0.3, 0.4) is 0 Å². The van der Waals surface area contributed by atoms with Gasteiger partial charge in [0.25, 0.3) is 0 Å². The Morgan fingerprint density at radius 1 is 1.19 bits per heavy atom. The Balaban J connectivity index is 1.69. The van der Waals surface area contributed by atoms with E-state index < -0.39 is 0 Å². The molecule has 2 aromatic carbocycles. The van der Waals surface area contributed by atoms with E-state index in [-0.39, 0.29) is 0 Å². The fourth-order valence-corrected chi connectivity index (χ4v) is 3.24. The normalized spacial score (nSPS) is 11.1. The zero-order valence-electron chi connectivity index (χ0n) is 15.0. The van der Waals surface area contributed by atoms with Gasteiger partial charge in [0.1, 0.15) is 6.33 Å². The number of aromatic nitrogens is 3. The number of nitrogens with zero attached hydrogens (tertiary/aromatic N) is 4. The Labute approximate surface area is 167 Å². The van der Waals surface area contributed by atoms with Crippen LogP contribution in [0.25, 0.3) is 0 Å². The van der Waals surface area contributed by atoms with Crippen LogP contribution < -0.4 is 9.47 Å². The van der Waals surface area contributed by atoms with E-state index in [1.165, 1.54) is 0 Å². The SMILES string of the molecule is CCOc1ccc(/C=N/n2cnnc2SCc2ccc(Cl)cc2)cc1OC. The maximum absolute atomic E-state index is 5.92. The average Bonchev–Trinajstić information content (AvgIpc) is 3.14. The quantitative estimate of drug-likeness (QED) is 0.409. The highest BCUT2D eigenvalue weighted by atomic mass is 35.5. The van der Waals surface area contributed by atoms with Crippen molar-refractivity contribution in [2.75, 3.05) is 13.7 Å². The minimum atomic E-state index is 0.582. The Morgan fingerprint density at radius 3 is 2.74 bits per heavy atom. The molecule has 0 saturated heterocycles. The number of ether oxygens (including phenoxy) is 2. The first-order valence-electron chi connectivity index (χ1n) is 8.32. The Hall–Kier alpha value is -2.51. The second-order valence-corrected chi connectivity index (χ2v) is 6.84. The molecule has 8 heteroatoms. The zero-order valence-corrected chi connectivity index (χ0v) is 16.6. The molecule has 0 bridgehead atoms. The van der Waals surface area contributed by atoms with Crippen LogP contribution >= 0.6 is 23.4 Å². The molecule has 6 nitrogen and oxygen atoms in total. The van der Waals surface area contributed by atoms with E-state index >= 15 is 0 Å². The summed E-state index contributed by atoms with van der Waals surface area (Å²) in [5, 5.41) is 13.9. The molecule has 0 fully saturated rings. The number of methoxy groups -OCH3 is 1. The van der Waals surface area contributed by atoms with E-state index in [0.29, 0.717) is 23.3 Å². The maximum atomic E-state index is 5.92. The summed E-state index contributed by atoms with van der Waals surface area (Å²) in [5.74, 6) is 2.13. The van der Waals surface area contributed by atoms with Crippen molar-refractivity contribution in [3.05, 3.63) is 64.9 Å². The highest BCUT2D eigenvalue weighted by Gasteiger charge is 2.06. The molecule has 0 aliphatic carbocycles. The van der Waals surface area contributed by atoms with Crippen molar-refractivity contribution in [1.82, 2.24) is 14.9 Å². The van der Waals surface area contributed by atoms with E-state index in [1.54, 1.807) is 36.1 Å². The van der Waals surface area contributed by atoms with E-state index in [4.69, 9.17) is 21.1 Å². The third-order valence-corrected chi connectivity index (χ3v) is 4.86. The molecule has 0 aliphatic heterocycles. The summed E-state index contributed by atoms with van der Waals surface area (Å²) < 4.78 is 12.5. The molecule has 1 aromatic heterocycles. The van der Waals surface area contributed by atoms with Crippen LogP contribution in [0.4, 0.5) is 0 Å². The molecular formula is C19H19ClN4O2S. The fraction of sp³-hybridized carbons (Fsp3) is 0.211. The van der Waals surface area contributed by atoms with Crippen LogP contribution in [0.2, 0.25) is 5.02 Å². The molecule has 0 unspecified atom stereocenters. The van der Waals surface area contributed by atoms with Gasteiger partial charge in [-0.25, -0.2) is 0 Å². The van der Waals surface area contributed by atoms with E-state index in [9.17, 15) is 0 Å². The lowest BCUT2D eigenvalue weighted by Gasteiger charge is -2.09. The predicted molar refractivity (Wildman–Crippen MR) is 108 cm³/mol. The van der Waals surface area contributed by atoms with Crippen molar-refractivity contribution in [2.24, 2.45) is 5.10 Å². The van der Waals surface area contributed by atoms with Crippen LogP contribution in [0, 0.1) is 0 Å². The average molecular weight is 403 g/mol. The summed E-state index contributed by atoms with van der Waals surface area (Å²) in [6, 6.07) is 13.4. The highest BCUT2D eigenvalue weighted by Crippen LogP contribution is 2.27. The van der Waals surface area contributed by atoms with Gasteiger partial charge in [0.15, 0.2) is 11.5 Å². The molecule has 140 valence electrons. The van der Waals surface area contributed by atoms with Gasteiger partial charge in [-0.3, -0.25) is 0 Å². The van der Waals surface area contributed by atoms with Gasteiger partial charge in [0.05, 0.1) is 19.9 Å². The molecule has 0 saturated carbocycles. The first-order valence-corrected chi connectivity index (χ1v) is 9.68. The monoisotopic (exact) mass is 402 g/mol. The smallest absolute Gasteiger partial charge is 0.212 e. The summed E-state index contributed by atoms with van der Waals surface area (Å²) in [5.41, 5.74) is 2.04. The maximum Gasteiger partial charge on any atom is 0.212 e. The van der Waals surface area contributed by atoms with Gasteiger partial charge in [-0.05, 0) is 48.4 Å². The molecule has 0 spiro atoms. The number of rotatable bonds is 8. The van der Waals surface area contributed by atoms with Crippen LogP contribution in [0.15, 0.2) is 59.0 Å².